The summed E-state index contributed by atoms with van der Waals surface area (Å²) in [5.41, 5.74) is 13.5. The number of anilines is 1. The Balaban J connectivity index is 1.54. The minimum Gasteiger partial charge on any atom is -0.504 e. The van der Waals surface area contributed by atoms with Gasteiger partial charge in [-0.1, -0.05) is 36.4 Å². The SMILES string of the molecule is COc1cc(C2Nc3ccc(C(=N)N)cc3C3c4ccccc4CC23)c(-c2ccc(S(N)(=O)=O)cc2)cc1O. The van der Waals surface area contributed by atoms with Crippen LogP contribution in [0.2, 0.25) is 0 Å². The number of ether oxygens (including phenoxy) is 1. The van der Waals surface area contributed by atoms with E-state index in [1.165, 1.54) is 30.4 Å². The lowest BCUT2D eigenvalue weighted by Gasteiger charge is -2.39. The van der Waals surface area contributed by atoms with Crippen molar-refractivity contribution in [3.05, 3.63) is 107 Å². The quantitative estimate of drug-likeness (QED) is 0.186. The van der Waals surface area contributed by atoms with Crippen molar-refractivity contribution in [1.29, 1.82) is 5.41 Å². The second-order valence-electron chi connectivity index (χ2n) is 10.1. The van der Waals surface area contributed by atoms with E-state index in [2.05, 4.69) is 23.5 Å². The van der Waals surface area contributed by atoms with Gasteiger partial charge in [0.25, 0.3) is 0 Å². The van der Waals surface area contributed by atoms with Crippen LogP contribution < -0.4 is 20.9 Å². The van der Waals surface area contributed by atoms with Crippen LogP contribution in [0.25, 0.3) is 11.1 Å². The van der Waals surface area contributed by atoms with Gasteiger partial charge in [0.2, 0.25) is 10.0 Å². The highest BCUT2D eigenvalue weighted by atomic mass is 32.2. The zero-order chi connectivity index (χ0) is 27.5. The summed E-state index contributed by atoms with van der Waals surface area (Å²) in [6, 6.07) is 23.9. The summed E-state index contributed by atoms with van der Waals surface area (Å²) in [6.45, 7) is 0. The van der Waals surface area contributed by atoms with Gasteiger partial charge in [0.1, 0.15) is 5.84 Å². The molecule has 1 heterocycles. The Bertz CT molecular complexity index is 1730. The summed E-state index contributed by atoms with van der Waals surface area (Å²) in [5.74, 6) is 0.547. The molecule has 198 valence electrons. The Morgan fingerprint density at radius 3 is 2.44 bits per heavy atom. The number of nitrogens with one attached hydrogen (secondary N) is 2. The molecule has 0 saturated heterocycles. The number of hydrogen-bond acceptors (Lipinski definition) is 6. The van der Waals surface area contributed by atoms with Crippen molar-refractivity contribution in [1.82, 2.24) is 0 Å². The van der Waals surface area contributed by atoms with Crippen LogP contribution >= 0.6 is 0 Å². The van der Waals surface area contributed by atoms with Gasteiger partial charge in [0.05, 0.1) is 18.0 Å². The summed E-state index contributed by atoms with van der Waals surface area (Å²) in [4.78, 5) is 0.0165. The fourth-order valence-electron chi connectivity index (χ4n) is 6.12. The molecule has 3 unspecified atom stereocenters. The Labute approximate surface area is 226 Å². The predicted molar refractivity (Wildman–Crippen MR) is 151 cm³/mol. The van der Waals surface area contributed by atoms with Gasteiger partial charge in [0, 0.05) is 17.2 Å². The van der Waals surface area contributed by atoms with Crippen LogP contribution in [0.5, 0.6) is 11.5 Å². The first-order valence-corrected chi connectivity index (χ1v) is 14.1. The Morgan fingerprint density at radius 1 is 1.00 bits per heavy atom. The number of amidine groups is 1. The molecule has 6 rings (SSSR count). The molecule has 9 heteroatoms. The van der Waals surface area contributed by atoms with Crippen molar-refractivity contribution in [2.75, 3.05) is 12.4 Å². The second-order valence-corrected chi connectivity index (χ2v) is 11.6. The van der Waals surface area contributed by atoms with Gasteiger partial charge in [-0.05, 0) is 88.2 Å². The Morgan fingerprint density at radius 2 is 1.74 bits per heavy atom. The molecule has 4 aromatic rings. The maximum Gasteiger partial charge on any atom is 0.238 e. The van der Waals surface area contributed by atoms with Gasteiger partial charge < -0.3 is 20.9 Å². The molecule has 0 saturated carbocycles. The number of primary sulfonamides is 1. The maximum absolute atomic E-state index is 11.8. The highest BCUT2D eigenvalue weighted by Crippen LogP contribution is 2.55. The summed E-state index contributed by atoms with van der Waals surface area (Å²) >= 11 is 0. The third kappa shape index (κ3) is 4.20. The third-order valence-corrected chi connectivity index (χ3v) is 8.82. The largest absolute Gasteiger partial charge is 0.504 e. The molecule has 0 aromatic heterocycles. The van der Waals surface area contributed by atoms with Crippen molar-refractivity contribution in [2.24, 2.45) is 16.8 Å². The molecule has 3 atom stereocenters. The average Bonchev–Trinajstić information content (AvgIpc) is 3.32. The molecule has 0 spiro atoms. The van der Waals surface area contributed by atoms with E-state index in [9.17, 15) is 13.5 Å². The van der Waals surface area contributed by atoms with E-state index in [0.717, 1.165) is 34.4 Å². The molecule has 0 amide bonds. The number of benzene rings is 4. The molecule has 0 fully saturated rings. The number of aromatic hydroxyl groups is 1. The van der Waals surface area contributed by atoms with Crippen molar-refractivity contribution in [3.63, 3.8) is 0 Å². The van der Waals surface area contributed by atoms with Crippen LogP contribution in [0.3, 0.4) is 0 Å². The molecule has 7 N–H and O–H groups in total. The first kappa shape index (κ1) is 25.0. The van der Waals surface area contributed by atoms with Gasteiger partial charge in [-0.25, -0.2) is 13.6 Å². The Kier molecular flexibility index (Phi) is 5.85. The number of hydrogen-bond donors (Lipinski definition) is 5. The highest BCUT2D eigenvalue weighted by molar-refractivity contribution is 7.89. The number of sulfonamides is 1. The van der Waals surface area contributed by atoms with E-state index in [0.29, 0.717) is 11.3 Å². The lowest BCUT2D eigenvalue weighted by Crippen LogP contribution is -2.31. The molecule has 39 heavy (non-hydrogen) atoms. The van der Waals surface area contributed by atoms with Crippen LogP contribution in [-0.4, -0.2) is 26.5 Å². The minimum absolute atomic E-state index is 0.0136. The number of methoxy groups -OCH3 is 1. The highest BCUT2D eigenvalue weighted by Gasteiger charge is 2.44. The fraction of sp³-hybridized carbons (Fsp3) is 0.167. The van der Waals surface area contributed by atoms with E-state index in [-0.39, 0.29) is 34.4 Å². The molecular weight excluding hydrogens is 512 g/mol. The van der Waals surface area contributed by atoms with Crippen molar-refractivity contribution in [2.45, 2.75) is 23.3 Å². The fourth-order valence-corrected chi connectivity index (χ4v) is 6.63. The number of nitrogen functional groups attached to an aromatic ring is 1. The summed E-state index contributed by atoms with van der Waals surface area (Å²) < 4.78 is 29.2. The topological polar surface area (TPSA) is 152 Å². The first-order chi connectivity index (χ1) is 18.7. The van der Waals surface area contributed by atoms with Crippen molar-refractivity contribution >= 4 is 21.5 Å². The van der Waals surface area contributed by atoms with Gasteiger partial charge in [-0.15, -0.1) is 0 Å². The average molecular weight is 541 g/mol. The van der Waals surface area contributed by atoms with Gasteiger partial charge in [-0.3, -0.25) is 5.41 Å². The normalized spacial score (nSPS) is 19.4. The predicted octanol–water partition coefficient (Wildman–Crippen LogP) is 4.47. The second kappa shape index (κ2) is 9.14. The zero-order valence-corrected chi connectivity index (χ0v) is 22.0. The molecule has 1 aliphatic heterocycles. The van der Waals surface area contributed by atoms with Crippen LogP contribution in [0.15, 0.2) is 83.8 Å². The molecule has 2 aliphatic rings. The van der Waals surface area contributed by atoms with E-state index in [1.807, 2.05) is 30.3 Å². The maximum atomic E-state index is 11.8. The number of phenols is 1. The van der Waals surface area contributed by atoms with Gasteiger partial charge in [0.15, 0.2) is 11.5 Å². The molecule has 1 aliphatic carbocycles. The number of phenolic OH excluding ortho intramolecular Hbond substituents is 1. The summed E-state index contributed by atoms with van der Waals surface area (Å²) in [6.07, 6.45) is 0.829. The molecule has 4 aromatic carbocycles. The monoisotopic (exact) mass is 540 g/mol. The summed E-state index contributed by atoms with van der Waals surface area (Å²) in [7, 11) is -2.33. The number of fused-ring (bicyclic) bond motifs is 5. The van der Waals surface area contributed by atoms with Crippen LogP contribution in [0.4, 0.5) is 5.69 Å². The first-order valence-electron chi connectivity index (χ1n) is 12.5. The van der Waals surface area contributed by atoms with Gasteiger partial charge in [-0.2, -0.15) is 0 Å². The van der Waals surface area contributed by atoms with E-state index < -0.39 is 10.0 Å². The zero-order valence-electron chi connectivity index (χ0n) is 21.2. The van der Waals surface area contributed by atoms with E-state index >= 15 is 0 Å². The minimum atomic E-state index is -3.84. The lowest BCUT2D eigenvalue weighted by molar-refractivity contribution is 0.370. The van der Waals surface area contributed by atoms with Crippen LogP contribution in [0.1, 0.15) is 39.8 Å². The Hall–Kier alpha value is -4.34. The van der Waals surface area contributed by atoms with E-state index in [1.54, 1.807) is 18.2 Å². The molecule has 0 radical (unpaired) electrons. The van der Waals surface area contributed by atoms with E-state index in [4.69, 9.17) is 21.0 Å². The van der Waals surface area contributed by atoms with Crippen molar-refractivity contribution < 1.29 is 18.3 Å². The third-order valence-electron chi connectivity index (χ3n) is 7.89. The summed E-state index contributed by atoms with van der Waals surface area (Å²) in [5, 5.41) is 27.8. The van der Waals surface area contributed by atoms with Crippen LogP contribution in [0, 0.1) is 11.3 Å². The number of nitrogens with two attached hydrogens (primary N) is 2. The van der Waals surface area contributed by atoms with Gasteiger partial charge >= 0.3 is 0 Å². The molecule has 0 bridgehead atoms. The number of rotatable bonds is 5. The van der Waals surface area contributed by atoms with Crippen LogP contribution in [-0.2, 0) is 16.4 Å². The standard InChI is InChI=1S/C30H28N4O4S/c1-38-27-15-22(21(14-26(27)35)16-6-9-19(10-7-16)39(33,36)37)29-24-12-17-4-2-3-5-20(17)28(24)23-13-18(30(31)32)8-11-25(23)34-29/h2-11,13-15,24,28-29,34-35H,12H2,1H3,(H3,31,32)(H2,33,36,37). The molecule has 8 nitrogen and oxygen atoms in total. The molecular formula is C30H28N4O4S. The lowest BCUT2D eigenvalue weighted by atomic mass is 9.74. The smallest absolute Gasteiger partial charge is 0.238 e. The van der Waals surface area contributed by atoms with Crippen molar-refractivity contribution in [3.8, 4) is 22.6 Å².